The van der Waals surface area contributed by atoms with Gasteiger partial charge < -0.3 is 9.47 Å². The van der Waals surface area contributed by atoms with Crippen LogP contribution >= 0.6 is 0 Å². The molecule has 0 amide bonds. The molecule has 2 aliphatic rings. The van der Waals surface area contributed by atoms with Gasteiger partial charge in [-0.25, -0.2) is 9.59 Å². The van der Waals surface area contributed by atoms with Gasteiger partial charge in [0.15, 0.2) is 0 Å². The molecule has 4 heteroatoms. The van der Waals surface area contributed by atoms with E-state index in [0.29, 0.717) is 28.5 Å². The summed E-state index contributed by atoms with van der Waals surface area (Å²) in [5.41, 5.74) is 4.06. The van der Waals surface area contributed by atoms with E-state index < -0.39 is 18.2 Å². The molecule has 0 spiro atoms. The Kier molecular flexibility index (Phi) is 8.58. The fraction of sp³-hybridized carbons (Fsp3) is 0.412. The number of hydrogen-bond acceptors (Lipinski definition) is 4. The van der Waals surface area contributed by atoms with Gasteiger partial charge in [-0.3, -0.25) is 0 Å². The first-order valence-corrected chi connectivity index (χ1v) is 14.2. The number of esters is 2. The van der Waals surface area contributed by atoms with Crippen molar-refractivity contribution in [3.63, 3.8) is 0 Å². The van der Waals surface area contributed by atoms with E-state index in [1.54, 1.807) is 12.1 Å². The summed E-state index contributed by atoms with van der Waals surface area (Å²) in [4.78, 5) is 26.1. The molecule has 2 fully saturated rings. The van der Waals surface area contributed by atoms with Crippen LogP contribution in [0.2, 0.25) is 0 Å². The van der Waals surface area contributed by atoms with Crippen molar-refractivity contribution in [1.29, 1.82) is 0 Å². The van der Waals surface area contributed by atoms with E-state index >= 15 is 0 Å². The molecule has 0 aliphatic heterocycles. The molecule has 2 aliphatic carbocycles. The zero-order chi connectivity index (χ0) is 26.3. The maximum atomic E-state index is 13.1. The summed E-state index contributed by atoms with van der Waals surface area (Å²) in [6.45, 7) is 2.32. The highest BCUT2D eigenvalue weighted by Gasteiger charge is 2.25. The average molecular weight is 511 g/mol. The molecule has 0 bridgehead atoms. The lowest BCUT2D eigenvalue weighted by atomic mass is 9.79. The number of hydrogen-bond donors (Lipinski definition) is 0. The highest BCUT2D eigenvalue weighted by Crippen LogP contribution is 2.36. The highest BCUT2D eigenvalue weighted by molar-refractivity contribution is 5.91. The molecule has 5 rings (SSSR count). The van der Waals surface area contributed by atoms with Gasteiger partial charge in [0, 0.05) is 5.56 Å². The van der Waals surface area contributed by atoms with Crippen molar-refractivity contribution >= 4 is 11.9 Å². The zero-order valence-electron chi connectivity index (χ0n) is 22.3. The fourth-order valence-corrected chi connectivity index (χ4v) is 5.91. The summed E-state index contributed by atoms with van der Waals surface area (Å²) >= 11 is 0. The molecule has 1 unspecified atom stereocenters. The van der Waals surface area contributed by atoms with Gasteiger partial charge in [0.2, 0.25) is 0 Å². The monoisotopic (exact) mass is 510 g/mol. The Morgan fingerprint density at radius 3 is 1.58 bits per heavy atom. The van der Waals surface area contributed by atoms with E-state index in [0.717, 1.165) is 5.92 Å². The number of rotatable bonds is 7. The molecule has 0 N–H and O–H groups in total. The van der Waals surface area contributed by atoms with Crippen LogP contribution in [0.15, 0.2) is 78.9 Å². The van der Waals surface area contributed by atoms with Gasteiger partial charge in [-0.1, -0.05) is 93.6 Å². The summed E-state index contributed by atoms with van der Waals surface area (Å²) in [6.07, 6.45) is 10.0. The van der Waals surface area contributed by atoms with Crippen LogP contribution in [0.25, 0.3) is 0 Å². The number of carbonyl (C=O) groups is 2. The van der Waals surface area contributed by atoms with E-state index in [1.165, 1.54) is 68.9 Å². The largest absolute Gasteiger partial charge is 0.417 e. The number of ether oxygens (including phenoxy) is 2. The predicted octanol–water partition coefficient (Wildman–Crippen LogP) is 8.74. The normalized spacial score (nSPS) is 20.9. The summed E-state index contributed by atoms with van der Waals surface area (Å²) < 4.78 is 11.5. The van der Waals surface area contributed by atoms with Crippen molar-refractivity contribution in [1.82, 2.24) is 0 Å². The minimum absolute atomic E-state index is 0.451. The Balaban J connectivity index is 1.26. The average Bonchev–Trinajstić information content (AvgIpc) is 2.98. The lowest BCUT2D eigenvalue weighted by Gasteiger charge is -2.26. The van der Waals surface area contributed by atoms with E-state index in [2.05, 4.69) is 6.92 Å². The maximum absolute atomic E-state index is 13.1. The van der Waals surface area contributed by atoms with Crippen LogP contribution in [-0.2, 0) is 9.47 Å². The van der Waals surface area contributed by atoms with Gasteiger partial charge in [-0.05, 0) is 78.8 Å². The lowest BCUT2D eigenvalue weighted by Crippen LogP contribution is -2.18. The number of carbonyl (C=O) groups excluding carboxylic acids is 2. The van der Waals surface area contributed by atoms with Gasteiger partial charge in [-0.15, -0.1) is 0 Å². The van der Waals surface area contributed by atoms with Crippen LogP contribution in [0.3, 0.4) is 0 Å². The minimum atomic E-state index is -1.13. The molecular weight excluding hydrogens is 472 g/mol. The molecule has 4 nitrogen and oxygen atoms in total. The molecule has 3 aromatic rings. The summed E-state index contributed by atoms with van der Waals surface area (Å²) in [6, 6.07) is 24.6. The van der Waals surface area contributed by atoms with Gasteiger partial charge in [0.05, 0.1) is 11.1 Å². The van der Waals surface area contributed by atoms with Crippen molar-refractivity contribution in [2.75, 3.05) is 0 Å². The van der Waals surface area contributed by atoms with Crippen molar-refractivity contribution in [2.45, 2.75) is 82.8 Å². The second-order valence-corrected chi connectivity index (χ2v) is 11.1. The molecule has 2 saturated carbocycles. The van der Waals surface area contributed by atoms with Crippen LogP contribution in [0.4, 0.5) is 0 Å². The lowest BCUT2D eigenvalue weighted by molar-refractivity contribution is -0.0823. The first-order chi connectivity index (χ1) is 18.6. The Morgan fingerprint density at radius 1 is 0.605 bits per heavy atom. The molecule has 38 heavy (non-hydrogen) atoms. The fourth-order valence-electron chi connectivity index (χ4n) is 5.91. The molecule has 1 atom stereocenters. The maximum Gasteiger partial charge on any atom is 0.341 e. The molecule has 198 valence electrons. The first-order valence-electron chi connectivity index (χ1n) is 14.2. The van der Waals surface area contributed by atoms with Crippen LogP contribution in [0.5, 0.6) is 0 Å². The van der Waals surface area contributed by atoms with Crippen molar-refractivity contribution < 1.29 is 19.1 Å². The molecule has 0 saturated heterocycles. The SMILES string of the molecule is CC1CCC(c2ccc(C(=O)OC(OC(=O)c3ccc(C4CCCCC4)cc3)c3ccccc3)cc2)CC1. The van der Waals surface area contributed by atoms with E-state index in [9.17, 15) is 9.59 Å². The molecule has 0 heterocycles. The van der Waals surface area contributed by atoms with Crippen LogP contribution in [0, 0.1) is 5.92 Å². The van der Waals surface area contributed by atoms with E-state index in [4.69, 9.17) is 9.47 Å². The van der Waals surface area contributed by atoms with Gasteiger partial charge in [0.1, 0.15) is 0 Å². The minimum Gasteiger partial charge on any atom is -0.417 e. The second-order valence-electron chi connectivity index (χ2n) is 11.1. The zero-order valence-corrected chi connectivity index (χ0v) is 22.3. The number of benzene rings is 3. The smallest absolute Gasteiger partial charge is 0.341 e. The third kappa shape index (κ3) is 6.53. The van der Waals surface area contributed by atoms with Crippen LogP contribution < -0.4 is 0 Å². The van der Waals surface area contributed by atoms with E-state index in [1.807, 2.05) is 66.7 Å². The highest BCUT2D eigenvalue weighted by atomic mass is 16.7. The van der Waals surface area contributed by atoms with Gasteiger partial charge in [-0.2, -0.15) is 0 Å². The third-order valence-corrected chi connectivity index (χ3v) is 8.36. The van der Waals surface area contributed by atoms with Crippen LogP contribution in [-0.4, -0.2) is 11.9 Å². The molecule has 0 aromatic heterocycles. The summed E-state index contributed by atoms with van der Waals surface area (Å²) in [5.74, 6) is 0.901. The second kappa shape index (κ2) is 12.4. The Labute approximate surface area is 226 Å². The van der Waals surface area contributed by atoms with Crippen molar-refractivity contribution in [3.05, 3.63) is 107 Å². The van der Waals surface area contributed by atoms with Crippen LogP contribution in [0.1, 0.15) is 120 Å². The Morgan fingerprint density at radius 2 is 1.08 bits per heavy atom. The topological polar surface area (TPSA) is 52.6 Å². The third-order valence-electron chi connectivity index (χ3n) is 8.36. The summed E-state index contributed by atoms with van der Waals surface area (Å²) in [5, 5.41) is 0. The standard InChI is InChI=1S/C34H38O4/c1-24-12-14-26(15-13-24)28-18-22-30(23-19-28)33(36)38-34(31-10-6-3-7-11-31)37-32(35)29-20-16-27(17-21-29)25-8-4-2-5-9-25/h3,6-7,10-11,16-26,34H,2,4-5,8-9,12-15H2,1H3. The molecule has 3 aromatic carbocycles. The van der Waals surface area contributed by atoms with Gasteiger partial charge >= 0.3 is 11.9 Å². The van der Waals surface area contributed by atoms with Crippen molar-refractivity contribution in [3.8, 4) is 0 Å². The Bertz CT molecular complexity index is 1190. The molecule has 0 radical (unpaired) electrons. The first kappa shape index (κ1) is 26.2. The Hall–Kier alpha value is -3.40. The summed E-state index contributed by atoms with van der Waals surface area (Å²) in [7, 11) is 0. The van der Waals surface area contributed by atoms with Gasteiger partial charge in [0.25, 0.3) is 6.29 Å². The van der Waals surface area contributed by atoms with E-state index in [-0.39, 0.29) is 0 Å². The quantitative estimate of drug-likeness (QED) is 0.235. The molecular formula is C34H38O4. The van der Waals surface area contributed by atoms with Crippen molar-refractivity contribution in [2.24, 2.45) is 5.92 Å². The predicted molar refractivity (Wildman–Crippen MR) is 149 cm³/mol.